The van der Waals surface area contributed by atoms with Gasteiger partial charge in [0.15, 0.2) is 0 Å². The SMILES string of the molecule is CCOC(=O)C#Cc1ccc(-c2ccccc2)cn1. The highest BCUT2D eigenvalue weighted by molar-refractivity contribution is 5.89. The van der Waals surface area contributed by atoms with E-state index in [1.807, 2.05) is 36.4 Å². The summed E-state index contributed by atoms with van der Waals surface area (Å²) >= 11 is 0. The number of benzene rings is 1. The molecule has 0 fully saturated rings. The van der Waals surface area contributed by atoms with Crippen LogP contribution in [0.1, 0.15) is 12.6 Å². The molecule has 0 amide bonds. The Morgan fingerprint density at radius 2 is 1.95 bits per heavy atom. The van der Waals surface area contributed by atoms with E-state index in [1.54, 1.807) is 19.2 Å². The van der Waals surface area contributed by atoms with E-state index in [0.29, 0.717) is 12.3 Å². The number of hydrogen-bond acceptors (Lipinski definition) is 3. The number of nitrogens with zero attached hydrogens (tertiary/aromatic N) is 1. The maximum atomic E-state index is 11.1. The van der Waals surface area contributed by atoms with Crippen molar-refractivity contribution in [2.24, 2.45) is 0 Å². The molecule has 0 aliphatic rings. The second-order valence-electron chi connectivity index (χ2n) is 3.77. The number of esters is 1. The average molecular weight is 251 g/mol. The Morgan fingerprint density at radius 1 is 1.16 bits per heavy atom. The smallest absolute Gasteiger partial charge is 0.384 e. The third-order valence-electron chi connectivity index (χ3n) is 2.44. The number of aromatic nitrogens is 1. The number of ether oxygens (including phenoxy) is 1. The molecule has 19 heavy (non-hydrogen) atoms. The fraction of sp³-hybridized carbons (Fsp3) is 0.125. The van der Waals surface area contributed by atoms with Crippen LogP contribution in [0.3, 0.4) is 0 Å². The van der Waals surface area contributed by atoms with Gasteiger partial charge in [-0.2, -0.15) is 0 Å². The molecule has 3 heteroatoms. The van der Waals surface area contributed by atoms with Crippen LogP contribution in [0.4, 0.5) is 0 Å². The minimum Gasteiger partial charge on any atom is -0.456 e. The molecule has 0 bridgehead atoms. The summed E-state index contributed by atoms with van der Waals surface area (Å²) in [5.41, 5.74) is 2.66. The average Bonchev–Trinajstić information content (AvgIpc) is 2.47. The third kappa shape index (κ3) is 3.68. The summed E-state index contributed by atoms with van der Waals surface area (Å²) in [7, 11) is 0. The van der Waals surface area contributed by atoms with Crippen LogP contribution in [0.15, 0.2) is 48.7 Å². The van der Waals surface area contributed by atoms with Crippen molar-refractivity contribution in [3.05, 3.63) is 54.4 Å². The summed E-state index contributed by atoms with van der Waals surface area (Å²) < 4.78 is 4.72. The fourth-order valence-corrected chi connectivity index (χ4v) is 1.55. The Balaban J connectivity index is 2.13. The standard InChI is InChI=1S/C16H13NO2/c1-2-19-16(18)11-10-15-9-8-14(12-17-15)13-6-4-3-5-7-13/h3-9,12H,2H2,1H3. The molecule has 0 spiro atoms. The zero-order valence-corrected chi connectivity index (χ0v) is 10.6. The quantitative estimate of drug-likeness (QED) is 0.608. The van der Waals surface area contributed by atoms with Crippen molar-refractivity contribution >= 4 is 5.97 Å². The van der Waals surface area contributed by atoms with Crippen molar-refractivity contribution in [3.63, 3.8) is 0 Å². The van der Waals surface area contributed by atoms with E-state index >= 15 is 0 Å². The second-order valence-corrected chi connectivity index (χ2v) is 3.77. The van der Waals surface area contributed by atoms with Gasteiger partial charge in [-0.05, 0) is 24.5 Å². The fourth-order valence-electron chi connectivity index (χ4n) is 1.55. The van der Waals surface area contributed by atoms with E-state index in [1.165, 1.54) is 0 Å². The normalized spacial score (nSPS) is 9.32. The molecule has 0 atom stereocenters. The molecular weight excluding hydrogens is 238 g/mol. The minimum absolute atomic E-state index is 0.327. The summed E-state index contributed by atoms with van der Waals surface area (Å²) in [6.07, 6.45) is 1.74. The first-order chi connectivity index (χ1) is 9.29. The van der Waals surface area contributed by atoms with Gasteiger partial charge in [0, 0.05) is 17.7 Å². The van der Waals surface area contributed by atoms with E-state index < -0.39 is 5.97 Å². The van der Waals surface area contributed by atoms with Crippen molar-refractivity contribution in [1.82, 2.24) is 4.98 Å². The van der Waals surface area contributed by atoms with E-state index in [4.69, 9.17) is 4.74 Å². The van der Waals surface area contributed by atoms with Gasteiger partial charge in [-0.1, -0.05) is 36.4 Å². The summed E-state index contributed by atoms with van der Waals surface area (Å²) in [6, 6.07) is 13.7. The Kier molecular flexibility index (Phi) is 4.30. The lowest BCUT2D eigenvalue weighted by Gasteiger charge is -2.00. The van der Waals surface area contributed by atoms with Crippen LogP contribution in [-0.4, -0.2) is 17.6 Å². The van der Waals surface area contributed by atoms with Gasteiger partial charge in [0.2, 0.25) is 0 Å². The van der Waals surface area contributed by atoms with E-state index in [9.17, 15) is 4.79 Å². The van der Waals surface area contributed by atoms with Gasteiger partial charge < -0.3 is 4.74 Å². The van der Waals surface area contributed by atoms with Crippen molar-refractivity contribution < 1.29 is 9.53 Å². The monoisotopic (exact) mass is 251 g/mol. The van der Waals surface area contributed by atoms with Crippen molar-refractivity contribution in [3.8, 4) is 23.0 Å². The third-order valence-corrected chi connectivity index (χ3v) is 2.44. The highest BCUT2D eigenvalue weighted by atomic mass is 16.5. The summed E-state index contributed by atoms with van der Waals surface area (Å²) in [6.45, 7) is 2.07. The molecule has 0 saturated carbocycles. The molecule has 2 aromatic rings. The molecule has 1 aromatic heterocycles. The molecule has 0 radical (unpaired) electrons. The Bertz CT molecular complexity index is 607. The lowest BCUT2D eigenvalue weighted by atomic mass is 10.1. The van der Waals surface area contributed by atoms with E-state index in [-0.39, 0.29) is 0 Å². The molecule has 1 aromatic carbocycles. The molecule has 0 aliphatic heterocycles. The first-order valence-corrected chi connectivity index (χ1v) is 6.00. The molecule has 0 N–H and O–H groups in total. The van der Waals surface area contributed by atoms with Crippen LogP contribution in [0.2, 0.25) is 0 Å². The highest BCUT2D eigenvalue weighted by Gasteiger charge is 1.97. The second kappa shape index (κ2) is 6.36. The number of carbonyl (C=O) groups is 1. The van der Waals surface area contributed by atoms with Crippen molar-refractivity contribution in [2.45, 2.75) is 6.92 Å². The molecule has 3 nitrogen and oxygen atoms in total. The van der Waals surface area contributed by atoms with Gasteiger partial charge in [-0.15, -0.1) is 0 Å². The van der Waals surface area contributed by atoms with Crippen LogP contribution < -0.4 is 0 Å². The van der Waals surface area contributed by atoms with Crippen LogP contribution in [0.25, 0.3) is 11.1 Å². The molecule has 94 valence electrons. The maximum absolute atomic E-state index is 11.1. The van der Waals surface area contributed by atoms with E-state index in [2.05, 4.69) is 16.8 Å². The predicted octanol–water partition coefficient (Wildman–Crippen LogP) is 2.66. The summed E-state index contributed by atoms with van der Waals surface area (Å²) in [5, 5.41) is 0. The molecule has 2 rings (SSSR count). The van der Waals surface area contributed by atoms with Gasteiger partial charge >= 0.3 is 5.97 Å². The summed E-state index contributed by atoms with van der Waals surface area (Å²) in [4.78, 5) is 15.3. The van der Waals surface area contributed by atoms with Gasteiger partial charge in [0.05, 0.1) is 6.61 Å². The van der Waals surface area contributed by atoms with Gasteiger partial charge in [0.1, 0.15) is 5.69 Å². The van der Waals surface area contributed by atoms with Gasteiger partial charge in [0.25, 0.3) is 0 Å². The zero-order valence-electron chi connectivity index (χ0n) is 10.6. The lowest BCUT2D eigenvalue weighted by Crippen LogP contribution is -1.99. The van der Waals surface area contributed by atoms with Crippen molar-refractivity contribution in [1.29, 1.82) is 0 Å². The predicted molar refractivity (Wildman–Crippen MR) is 73.2 cm³/mol. The minimum atomic E-state index is -0.531. The van der Waals surface area contributed by atoms with Crippen molar-refractivity contribution in [2.75, 3.05) is 6.61 Å². The molecule has 0 aliphatic carbocycles. The Labute approximate surface area is 112 Å². The molecule has 0 saturated heterocycles. The number of rotatable bonds is 2. The first kappa shape index (κ1) is 12.8. The first-order valence-electron chi connectivity index (χ1n) is 6.00. The number of carbonyl (C=O) groups excluding carboxylic acids is 1. The largest absolute Gasteiger partial charge is 0.456 e. The Hall–Kier alpha value is -2.60. The lowest BCUT2D eigenvalue weighted by molar-refractivity contribution is -0.136. The van der Waals surface area contributed by atoms with E-state index in [0.717, 1.165) is 11.1 Å². The maximum Gasteiger partial charge on any atom is 0.384 e. The van der Waals surface area contributed by atoms with Crippen LogP contribution in [0.5, 0.6) is 0 Å². The molecule has 0 unspecified atom stereocenters. The molecular formula is C16H13NO2. The van der Waals surface area contributed by atoms with Gasteiger partial charge in [-0.3, -0.25) is 0 Å². The Morgan fingerprint density at radius 3 is 2.58 bits per heavy atom. The van der Waals surface area contributed by atoms with Gasteiger partial charge in [-0.25, -0.2) is 9.78 Å². The van der Waals surface area contributed by atoms with Crippen LogP contribution >= 0.6 is 0 Å². The zero-order chi connectivity index (χ0) is 13.5. The van der Waals surface area contributed by atoms with Crippen LogP contribution in [-0.2, 0) is 9.53 Å². The topological polar surface area (TPSA) is 39.2 Å². The highest BCUT2D eigenvalue weighted by Crippen LogP contribution is 2.17. The number of pyridine rings is 1. The molecule has 1 heterocycles. The number of hydrogen-bond donors (Lipinski definition) is 0. The summed E-state index contributed by atoms with van der Waals surface area (Å²) in [5.74, 6) is 4.53. The van der Waals surface area contributed by atoms with Crippen LogP contribution in [0, 0.1) is 11.8 Å².